The highest BCUT2D eigenvalue weighted by Crippen LogP contribution is 2.35. The lowest BCUT2D eigenvalue weighted by Crippen LogP contribution is -2.48. The number of hydrogen-bond acceptors (Lipinski definition) is 5. The number of hydrogen-bond donors (Lipinski definition) is 2. The zero-order valence-electron chi connectivity index (χ0n) is 21.9. The first kappa shape index (κ1) is 24.9. The van der Waals surface area contributed by atoms with Gasteiger partial charge in [-0.25, -0.2) is 0 Å². The van der Waals surface area contributed by atoms with Crippen LogP contribution in [0.4, 0.5) is 5.69 Å². The standard InChI is InChI=1S/C33H31N3O3/c1-22-18-25(35-33(38)29-12-6-5-11-28(29)23-8-3-2-4-9-23)14-15-27(22)32(37)30-13-7-10-24-19-34-20-26-21-39-17-16-36(26)31(24)30/h2-12,14-15,18-20,30-31,34H,13,16-17,21H2,1H3,(H,35,38). The molecule has 6 nitrogen and oxygen atoms in total. The Kier molecular flexibility index (Phi) is 6.86. The Balaban J connectivity index is 1.24. The van der Waals surface area contributed by atoms with E-state index in [1.807, 2.05) is 92.1 Å². The molecule has 6 heteroatoms. The molecule has 0 aromatic heterocycles. The van der Waals surface area contributed by atoms with Gasteiger partial charge in [0, 0.05) is 35.8 Å². The third-order valence-corrected chi connectivity index (χ3v) is 7.70. The van der Waals surface area contributed by atoms with Crippen molar-refractivity contribution >= 4 is 17.4 Å². The van der Waals surface area contributed by atoms with Gasteiger partial charge in [-0.3, -0.25) is 9.59 Å². The molecule has 6 rings (SSSR count). The van der Waals surface area contributed by atoms with Crippen molar-refractivity contribution in [1.29, 1.82) is 0 Å². The van der Waals surface area contributed by atoms with E-state index in [0.717, 1.165) is 34.5 Å². The summed E-state index contributed by atoms with van der Waals surface area (Å²) in [5, 5.41) is 6.30. The molecule has 0 spiro atoms. The lowest BCUT2D eigenvalue weighted by molar-refractivity contribution is 0.0455. The van der Waals surface area contributed by atoms with Crippen LogP contribution >= 0.6 is 0 Å². The number of rotatable bonds is 5. The Morgan fingerprint density at radius 2 is 1.79 bits per heavy atom. The molecule has 1 saturated heterocycles. The van der Waals surface area contributed by atoms with E-state index < -0.39 is 0 Å². The number of benzene rings is 3. The van der Waals surface area contributed by atoms with Crippen LogP contribution in [0.3, 0.4) is 0 Å². The van der Waals surface area contributed by atoms with Gasteiger partial charge in [-0.05, 0) is 59.9 Å². The number of amides is 1. The van der Waals surface area contributed by atoms with Crippen LogP contribution < -0.4 is 10.6 Å². The fraction of sp³-hybridized carbons (Fsp3) is 0.212. The average Bonchev–Trinajstić information content (AvgIpc) is 3.17. The molecule has 39 heavy (non-hydrogen) atoms. The fourth-order valence-electron chi connectivity index (χ4n) is 5.80. The minimum atomic E-state index is -0.209. The summed E-state index contributed by atoms with van der Waals surface area (Å²) >= 11 is 0. The highest BCUT2D eigenvalue weighted by atomic mass is 16.5. The maximum absolute atomic E-state index is 14.0. The Hall–Kier alpha value is -4.42. The first-order valence-electron chi connectivity index (χ1n) is 13.4. The summed E-state index contributed by atoms with van der Waals surface area (Å²) < 4.78 is 5.67. The van der Waals surface area contributed by atoms with Gasteiger partial charge < -0.3 is 20.3 Å². The monoisotopic (exact) mass is 517 g/mol. The quantitative estimate of drug-likeness (QED) is 0.425. The number of ether oxygens (including phenoxy) is 1. The second-order valence-electron chi connectivity index (χ2n) is 10.1. The molecule has 2 heterocycles. The summed E-state index contributed by atoms with van der Waals surface area (Å²) in [7, 11) is 0. The third kappa shape index (κ3) is 4.91. The minimum absolute atomic E-state index is 0.0408. The van der Waals surface area contributed by atoms with Crippen molar-refractivity contribution in [1.82, 2.24) is 10.2 Å². The second kappa shape index (κ2) is 10.8. The SMILES string of the molecule is Cc1cc(NC(=O)c2ccccc2-c2ccccc2)ccc1C(=O)C1CC=CC2=CNC=C3COCCN3C21. The van der Waals surface area contributed by atoms with Crippen LogP contribution in [0, 0.1) is 12.8 Å². The van der Waals surface area contributed by atoms with Gasteiger partial charge >= 0.3 is 0 Å². The van der Waals surface area contributed by atoms with E-state index in [0.29, 0.717) is 36.4 Å². The summed E-state index contributed by atoms with van der Waals surface area (Å²) in [6.45, 7) is 3.87. The lowest BCUT2D eigenvalue weighted by Gasteiger charge is -2.42. The first-order valence-corrected chi connectivity index (χ1v) is 13.4. The molecule has 196 valence electrons. The molecule has 3 aromatic carbocycles. The zero-order valence-corrected chi connectivity index (χ0v) is 21.9. The Bertz CT molecular complexity index is 1510. The summed E-state index contributed by atoms with van der Waals surface area (Å²) in [5.41, 5.74) is 6.84. The van der Waals surface area contributed by atoms with Crippen LogP contribution in [0.2, 0.25) is 0 Å². The van der Waals surface area contributed by atoms with Gasteiger partial charge in [-0.15, -0.1) is 0 Å². The largest absolute Gasteiger partial charge is 0.373 e. The molecule has 2 atom stereocenters. The summed E-state index contributed by atoms with van der Waals surface area (Å²) in [6, 6.07) is 23.0. The number of morpholine rings is 1. The molecular formula is C33H31N3O3. The number of nitrogens with zero attached hydrogens (tertiary/aromatic N) is 1. The van der Waals surface area contributed by atoms with E-state index >= 15 is 0 Å². The molecule has 3 aromatic rings. The van der Waals surface area contributed by atoms with Crippen molar-refractivity contribution in [3.05, 3.63) is 125 Å². The molecular weight excluding hydrogens is 486 g/mol. The molecule has 2 aliphatic heterocycles. The Labute approximate surface area is 228 Å². The van der Waals surface area contributed by atoms with E-state index in [1.165, 1.54) is 0 Å². The van der Waals surface area contributed by atoms with Gasteiger partial charge in [0.2, 0.25) is 0 Å². The summed E-state index contributed by atoms with van der Waals surface area (Å²) in [6.07, 6.45) is 8.85. The highest BCUT2D eigenvalue weighted by molar-refractivity contribution is 6.09. The number of carbonyl (C=O) groups excluding carboxylic acids is 2. The van der Waals surface area contributed by atoms with Crippen molar-refractivity contribution in [2.45, 2.75) is 19.4 Å². The maximum Gasteiger partial charge on any atom is 0.256 e. The molecule has 0 bridgehead atoms. The number of carbonyl (C=O) groups is 2. The molecule has 1 aliphatic carbocycles. The molecule has 0 radical (unpaired) electrons. The maximum atomic E-state index is 14.0. The number of aryl methyl sites for hydroxylation is 1. The molecule has 2 N–H and O–H groups in total. The topological polar surface area (TPSA) is 70.7 Å². The van der Waals surface area contributed by atoms with E-state index in [4.69, 9.17) is 4.74 Å². The van der Waals surface area contributed by atoms with Crippen molar-refractivity contribution < 1.29 is 14.3 Å². The van der Waals surface area contributed by atoms with E-state index in [1.54, 1.807) is 0 Å². The predicted molar refractivity (Wildman–Crippen MR) is 153 cm³/mol. The molecule has 1 amide bonds. The predicted octanol–water partition coefficient (Wildman–Crippen LogP) is 5.70. The summed E-state index contributed by atoms with van der Waals surface area (Å²) in [4.78, 5) is 29.6. The van der Waals surface area contributed by atoms with Crippen molar-refractivity contribution in [3.8, 4) is 11.1 Å². The number of ketones is 1. The Morgan fingerprint density at radius 3 is 2.64 bits per heavy atom. The number of Topliss-reactive ketones (excluding diaryl/α,β-unsaturated/α-hetero) is 1. The number of fused-ring (bicyclic) bond motifs is 3. The zero-order chi connectivity index (χ0) is 26.8. The van der Waals surface area contributed by atoms with Gasteiger partial charge in [0.05, 0.1) is 30.9 Å². The molecule has 0 saturated carbocycles. The van der Waals surface area contributed by atoms with Gasteiger partial charge in [0.1, 0.15) is 0 Å². The van der Waals surface area contributed by atoms with Gasteiger partial charge in [-0.2, -0.15) is 0 Å². The second-order valence-corrected chi connectivity index (χ2v) is 10.1. The van der Waals surface area contributed by atoms with E-state index in [-0.39, 0.29) is 23.7 Å². The van der Waals surface area contributed by atoms with Crippen LogP contribution in [-0.2, 0) is 4.74 Å². The Morgan fingerprint density at radius 1 is 0.974 bits per heavy atom. The highest BCUT2D eigenvalue weighted by Gasteiger charge is 2.39. The van der Waals surface area contributed by atoms with Crippen LogP contribution in [0.25, 0.3) is 11.1 Å². The number of allylic oxidation sites excluding steroid dienone is 1. The van der Waals surface area contributed by atoms with Crippen LogP contribution in [0.15, 0.2) is 109 Å². The molecule has 3 aliphatic rings. The van der Waals surface area contributed by atoms with Crippen molar-refractivity contribution in [2.75, 3.05) is 25.1 Å². The van der Waals surface area contributed by atoms with Crippen LogP contribution in [0.5, 0.6) is 0 Å². The van der Waals surface area contributed by atoms with Gasteiger partial charge in [0.25, 0.3) is 5.91 Å². The van der Waals surface area contributed by atoms with Crippen molar-refractivity contribution in [2.24, 2.45) is 5.92 Å². The normalized spacial score (nSPS) is 20.0. The smallest absolute Gasteiger partial charge is 0.256 e. The fourth-order valence-corrected chi connectivity index (χ4v) is 5.80. The number of anilines is 1. The third-order valence-electron chi connectivity index (χ3n) is 7.70. The average molecular weight is 518 g/mol. The van der Waals surface area contributed by atoms with Crippen LogP contribution in [-0.4, -0.2) is 42.4 Å². The molecule has 1 fully saturated rings. The molecule has 2 unspecified atom stereocenters. The van der Waals surface area contributed by atoms with E-state index in [2.05, 4.69) is 27.7 Å². The number of nitrogens with one attached hydrogen (secondary N) is 2. The van der Waals surface area contributed by atoms with Crippen molar-refractivity contribution in [3.63, 3.8) is 0 Å². The van der Waals surface area contributed by atoms with Gasteiger partial charge in [-0.1, -0.05) is 60.7 Å². The summed E-state index contributed by atoms with van der Waals surface area (Å²) in [5.74, 6) is -0.273. The first-order chi connectivity index (χ1) is 19.1. The lowest BCUT2D eigenvalue weighted by atomic mass is 9.79. The van der Waals surface area contributed by atoms with Crippen LogP contribution in [0.1, 0.15) is 32.7 Å². The minimum Gasteiger partial charge on any atom is -0.373 e. The van der Waals surface area contributed by atoms with Gasteiger partial charge in [0.15, 0.2) is 5.78 Å². The van der Waals surface area contributed by atoms with E-state index in [9.17, 15) is 9.59 Å².